The summed E-state index contributed by atoms with van der Waals surface area (Å²) in [6.45, 7) is 6.70. The third-order valence-electron chi connectivity index (χ3n) is 2.57. The number of aromatic nitrogens is 2. The van der Waals surface area contributed by atoms with Gasteiger partial charge in [0.15, 0.2) is 0 Å². The fourth-order valence-electron chi connectivity index (χ4n) is 1.36. The number of rotatable bonds is 8. The van der Waals surface area contributed by atoms with Gasteiger partial charge in [0, 0.05) is 39.1 Å². The summed E-state index contributed by atoms with van der Waals surface area (Å²) < 4.78 is 7.11. The standard InChI is InChI=1S/C11H22N4O/c1-4-14(2)7-5-12-11-13-6-8-15(11)9-10-16-3/h6,8H,4-5,7,9-10H2,1-3H3,(H,12,13). The highest BCUT2D eigenvalue weighted by molar-refractivity contribution is 5.25. The first kappa shape index (κ1) is 13.0. The van der Waals surface area contributed by atoms with E-state index in [4.69, 9.17) is 4.74 Å². The molecule has 92 valence electrons. The smallest absolute Gasteiger partial charge is 0.202 e. The van der Waals surface area contributed by atoms with E-state index in [1.54, 1.807) is 7.11 Å². The monoisotopic (exact) mass is 226 g/mol. The first-order chi connectivity index (χ1) is 7.77. The number of nitrogens with zero attached hydrogens (tertiary/aromatic N) is 3. The van der Waals surface area contributed by atoms with E-state index in [-0.39, 0.29) is 0 Å². The molecule has 0 saturated carbocycles. The van der Waals surface area contributed by atoms with Gasteiger partial charge in [-0.25, -0.2) is 4.98 Å². The summed E-state index contributed by atoms with van der Waals surface area (Å²) in [5.74, 6) is 0.918. The highest BCUT2D eigenvalue weighted by Gasteiger charge is 2.01. The van der Waals surface area contributed by atoms with Crippen molar-refractivity contribution in [3.05, 3.63) is 12.4 Å². The van der Waals surface area contributed by atoms with Gasteiger partial charge in [-0.2, -0.15) is 0 Å². The fraction of sp³-hybridized carbons (Fsp3) is 0.727. The number of anilines is 1. The molecule has 0 aliphatic heterocycles. The molecule has 1 aromatic heterocycles. The molecule has 1 rings (SSSR count). The first-order valence-electron chi connectivity index (χ1n) is 5.70. The van der Waals surface area contributed by atoms with E-state index in [1.807, 2.05) is 12.4 Å². The summed E-state index contributed by atoms with van der Waals surface area (Å²) in [5.41, 5.74) is 0. The lowest BCUT2D eigenvalue weighted by molar-refractivity contribution is 0.187. The molecule has 1 N–H and O–H groups in total. The molecule has 0 fully saturated rings. The molecule has 16 heavy (non-hydrogen) atoms. The van der Waals surface area contributed by atoms with Gasteiger partial charge >= 0.3 is 0 Å². The van der Waals surface area contributed by atoms with E-state index >= 15 is 0 Å². The predicted octanol–water partition coefficient (Wildman–Crippen LogP) is 0.893. The Morgan fingerprint density at radius 2 is 2.38 bits per heavy atom. The second-order valence-electron chi connectivity index (χ2n) is 3.76. The highest BCUT2D eigenvalue weighted by atomic mass is 16.5. The van der Waals surface area contributed by atoms with Gasteiger partial charge in [-0.3, -0.25) is 0 Å². The lowest BCUT2D eigenvalue weighted by Crippen LogP contribution is -2.25. The quantitative estimate of drug-likeness (QED) is 0.715. The third-order valence-corrected chi connectivity index (χ3v) is 2.57. The molecule has 0 spiro atoms. The molecular weight excluding hydrogens is 204 g/mol. The number of hydrogen-bond donors (Lipinski definition) is 1. The zero-order valence-electron chi connectivity index (χ0n) is 10.4. The van der Waals surface area contributed by atoms with Crippen LogP contribution in [0.25, 0.3) is 0 Å². The molecule has 0 bridgehead atoms. The Balaban J connectivity index is 2.32. The van der Waals surface area contributed by atoms with E-state index in [0.29, 0.717) is 6.61 Å². The maximum atomic E-state index is 5.05. The van der Waals surface area contributed by atoms with Gasteiger partial charge in [0.2, 0.25) is 5.95 Å². The SMILES string of the molecule is CCN(C)CCNc1nccn1CCOC. The molecule has 0 aliphatic rings. The number of nitrogens with one attached hydrogen (secondary N) is 1. The van der Waals surface area contributed by atoms with Gasteiger partial charge in [-0.1, -0.05) is 6.92 Å². The average Bonchev–Trinajstić information content (AvgIpc) is 2.73. The van der Waals surface area contributed by atoms with Gasteiger partial charge < -0.3 is 19.5 Å². The van der Waals surface area contributed by atoms with Crippen molar-refractivity contribution < 1.29 is 4.74 Å². The lowest BCUT2D eigenvalue weighted by atomic mass is 10.5. The van der Waals surface area contributed by atoms with Crippen LogP contribution in [0, 0.1) is 0 Å². The Morgan fingerprint density at radius 3 is 3.06 bits per heavy atom. The maximum absolute atomic E-state index is 5.05. The van der Waals surface area contributed by atoms with Crippen molar-refractivity contribution in [2.45, 2.75) is 13.5 Å². The summed E-state index contributed by atoms with van der Waals surface area (Å²) in [5, 5.41) is 3.32. The van der Waals surface area contributed by atoms with Crippen LogP contribution in [0.15, 0.2) is 12.4 Å². The van der Waals surface area contributed by atoms with Crippen molar-refractivity contribution in [3.8, 4) is 0 Å². The van der Waals surface area contributed by atoms with Crippen LogP contribution in [-0.4, -0.2) is 54.8 Å². The second kappa shape index (κ2) is 7.24. The van der Waals surface area contributed by atoms with Gasteiger partial charge in [-0.15, -0.1) is 0 Å². The zero-order valence-corrected chi connectivity index (χ0v) is 10.4. The maximum Gasteiger partial charge on any atom is 0.202 e. The number of ether oxygens (including phenoxy) is 1. The van der Waals surface area contributed by atoms with Crippen LogP contribution in [-0.2, 0) is 11.3 Å². The van der Waals surface area contributed by atoms with E-state index in [1.165, 1.54) is 0 Å². The van der Waals surface area contributed by atoms with Crippen LogP contribution in [0.1, 0.15) is 6.92 Å². The normalized spacial score (nSPS) is 11.0. The molecule has 0 radical (unpaired) electrons. The Bertz CT molecular complexity index is 287. The fourth-order valence-corrected chi connectivity index (χ4v) is 1.36. The van der Waals surface area contributed by atoms with Crippen molar-refractivity contribution in [3.63, 3.8) is 0 Å². The summed E-state index contributed by atoms with van der Waals surface area (Å²) in [7, 11) is 3.82. The Kier molecular flexibility index (Phi) is 5.88. The Morgan fingerprint density at radius 1 is 1.56 bits per heavy atom. The van der Waals surface area contributed by atoms with E-state index in [2.05, 4.69) is 33.7 Å². The number of methoxy groups -OCH3 is 1. The molecule has 0 aliphatic carbocycles. The molecule has 0 amide bonds. The van der Waals surface area contributed by atoms with Gasteiger partial charge in [0.05, 0.1) is 6.61 Å². The minimum absolute atomic E-state index is 0.708. The van der Waals surface area contributed by atoms with Crippen molar-refractivity contribution in [2.24, 2.45) is 0 Å². The van der Waals surface area contributed by atoms with Crippen LogP contribution in [0.3, 0.4) is 0 Å². The minimum Gasteiger partial charge on any atom is -0.383 e. The molecule has 1 aromatic rings. The summed E-state index contributed by atoms with van der Waals surface area (Å²) >= 11 is 0. The van der Waals surface area contributed by atoms with Crippen LogP contribution in [0.2, 0.25) is 0 Å². The molecule has 1 heterocycles. The number of hydrogen-bond acceptors (Lipinski definition) is 4. The molecular formula is C11H22N4O. The Hall–Kier alpha value is -1.07. The van der Waals surface area contributed by atoms with Crippen LogP contribution in [0.5, 0.6) is 0 Å². The van der Waals surface area contributed by atoms with Gasteiger partial charge in [0.1, 0.15) is 0 Å². The molecule has 0 saturated heterocycles. The summed E-state index contributed by atoms with van der Waals surface area (Å²) in [6, 6.07) is 0. The molecule has 5 heteroatoms. The second-order valence-corrected chi connectivity index (χ2v) is 3.76. The van der Waals surface area contributed by atoms with E-state index in [0.717, 1.165) is 32.1 Å². The lowest BCUT2D eigenvalue weighted by Gasteiger charge is -2.15. The van der Waals surface area contributed by atoms with Gasteiger partial charge in [-0.05, 0) is 13.6 Å². The summed E-state index contributed by atoms with van der Waals surface area (Å²) in [6.07, 6.45) is 3.77. The van der Waals surface area contributed by atoms with Crippen molar-refractivity contribution in [1.82, 2.24) is 14.5 Å². The van der Waals surface area contributed by atoms with Crippen LogP contribution >= 0.6 is 0 Å². The number of likely N-dealkylation sites (N-methyl/N-ethyl adjacent to an activating group) is 1. The first-order valence-corrected chi connectivity index (χ1v) is 5.70. The highest BCUT2D eigenvalue weighted by Crippen LogP contribution is 2.03. The third kappa shape index (κ3) is 4.20. The largest absolute Gasteiger partial charge is 0.383 e. The van der Waals surface area contributed by atoms with Crippen molar-refractivity contribution in [2.75, 3.05) is 45.7 Å². The molecule has 0 aromatic carbocycles. The number of imidazole rings is 1. The average molecular weight is 226 g/mol. The topological polar surface area (TPSA) is 42.3 Å². The van der Waals surface area contributed by atoms with Crippen molar-refractivity contribution >= 4 is 5.95 Å². The molecule has 5 nitrogen and oxygen atoms in total. The van der Waals surface area contributed by atoms with E-state index < -0.39 is 0 Å². The predicted molar refractivity (Wildman–Crippen MR) is 65.8 cm³/mol. The molecule has 0 atom stereocenters. The summed E-state index contributed by atoms with van der Waals surface area (Å²) in [4.78, 5) is 6.53. The minimum atomic E-state index is 0.708. The van der Waals surface area contributed by atoms with Crippen LogP contribution < -0.4 is 5.32 Å². The molecule has 0 unspecified atom stereocenters. The van der Waals surface area contributed by atoms with Crippen molar-refractivity contribution in [1.29, 1.82) is 0 Å². The Labute approximate surface area is 97.4 Å². The van der Waals surface area contributed by atoms with Gasteiger partial charge in [0.25, 0.3) is 0 Å². The zero-order chi connectivity index (χ0) is 11.8. The van der Waals surface area contributed by atoms with E-state index in [9.17, 15) is 0 Å². The van der Waals surface area contributed by atoms with Crippen LogP contribution in [0.4, 0.5) is 5.95 Å².